The smallest absolute Gasteiger partial charge is 0.417 e. The highest BCUT2D eigenvalue weighted by molar-refractivity contribution is 6.05. The number of nitrogens with one attached hydrogen (secondary N) is 2. The number of methoxy groups -OCH3 is 1. The zero-order valence-electron chi connectivity index (χ0n) is 14.5. The average Bonchev–Trinajstić information content (AvgIpc) is 3.01. The van der Waals surface area contributed by atoms with E-state index >= 15 is 0 Å². The summed E-state index contributed by atoms with van der Waals surface area (Å²) in [6, 6.07) is 4.18. The number of aromatic nitrogens is 2. The van der Waals surface area contributed by atoms with Gasteiger partial charge in [-0.15, -0.1) is 0 Å². The molecule has 0 bridgehead atoms. The molecule has 0 fully saturated rings. The van der Waals surface area contributed by atoms with Gasteiger partial charge in [-0.2, -0.15) is 13.2 Å². The van der Waals surface area contributed by atoms with Crippen molar-refractivity contribution >= 4 is 28.4 Å². The number of carbonyl (C=O) groups is 1. The maximum absolute atomic E-state index is 14.3. The number of allylic oxidation sites excluding steroid dienone is 2. The largest absolute Gasteiger partial charge is 0.497 e. The van der Waals surface area contributed by atoms with Crippen LogP contribution in [0.5, 0.6) is 5.75 Å². The molecule has 9 heteroatoms. The first-order valence-electron chi connectivity index (χ1n) is 8.25. The molecule has 28 heavy (non-hydrogen) atoms. The van der Waals surface area contributed by atoms with E-state index in [1.807, 2.05) is 0 Å². The molecule has 0 saturated carbocycles. The number of ether oxygens (including phenoxy) is 1. The molecule has 1 aliphatic carbocycles. The topological polar surface area (TPSA) is 56.9 Å². The van der Waals surface area contributed by atoms with E-state index in [4.69, 9.17) is 4.74 Å². The fourth-order valence-corrected chi connectivity index (χ4v) is 3.30. The molecule has 1 aromatic carbocycles. The summed E-state index contributed by atoms with van der Waals surface area (Å²) in [5.41, 5.74) is -0.369. The van der Waals surface area contributed by atoms with Crippen LogP contribution in [0.15, 0.2) is 42.9 Å². The first-order valence-corrected chi connectivity index (χ1v) is 8.25. The number of alkyl halides is 3. The highest BCUT2D eigenvalue weighted by Crippen LogP contribution is 2.41. The van der Waals surface area contributed by atoms with Crippen molar-refractivity contribution in [3.63, 3.8) is 0 Å². The lowest BCUT2D eigenvalue weighted by molar-refractivity contribution is -0.360. The normalized spacial score (nSPS) is 14.0. The van der Waals surface area contributed by atoms with Crippen molar-refractivity contribution in [2.75, 3.05) is 12.4 Å². The number of ketones is 1. The van der Waals surface area contributed by atoms with Gasteiger partial charge in [-0.05, 0) is 18.2 Å². The van der Waals surface area contributed by atoms with Crippen LogP contribution in [0.2, 0.25) is 0 Å². The quantitative estimate of drug-likeness (QED) is 0.692. The summed E-state index contributed by atoms with van der Waals surface area (Å²) in [6.07, 6.45) is 0.141. The predicted molar refractivity (Wildman–Crippen MR) is 92.9 cm³/mol. The minimum Gasteiger partial charge on any atom is -0.497 e. The average molecular weight is 392 g/mol. The third kappa shape index (κ3) is 2.98. The van der Waals surface area contributed by atoms with Gasteiger partial charge in [0.25, 0.3) is 0 Å². The molecule has 0 atom stereocenters. The predicted octanol–water partition coefficient (Wildman–Crippen LogP) is 3.72. The van der Waals surface area contributed by atoms with Gasteiger partial charge in [-0.25, -0.2) is 14.7 Å². The van der Waals surface area contributed by atoms with Crippen LogP contribution in [0.25, 0.3) is 11.1 Å². The number of carbonyl (C=O) groups excluding carboxylic acids is 1. The Morgan fingerprint density at radius 3 is 2.75 bits per heavy atom. The van der Waals surface area contributed by atoms with Crippen LogP contribution >= 0.6 is 0 Å². The van der Waals surface area contributed by atoms with E-state index in [9.17, 15) is 22.4 Å². The molecule has 1 aliphatic rings. The van der Waals surface area contributed by atoms with E-state index < -0.39 is 23.3 Å². The summed E-state index contributed by atoms with van der Waals surface area (Å²) in [6.45, 7) is 0. The second kappa shape index (κ2) is 6.36. The van der Waals surface area contributed by atoms with Crippen molar-refractivity contribution in [2.24, 2.45) is 0 Å². The van der Waals surface area contributed by atoms with Gasteiger partial charge in [-0.3, -0.25) is 4.79 Å². The first kappa shape index (κ1) is 18.0. The van der Waals surface area contributed by atoms with Crippen molar-refractivity contribution in [1.82, 2.24) is 4.40 Å². The van der Waals surface area contributed by atoms with Crippen molar-refractivity contribution in [2.45, 2.75) is 12.6 Å². The summed E-state index contributed by atoms with van der Waals surface area (Å²) in [7, 11) is 1.41. The number of H-pyrrole nitrogens is 1. The van der Waals surface area contributed by atoms with Gasteiger partial charge in [0.1, 0.15) is 17.5 Å². The van der Waals surface area contributed by atoms with Crippen LogP contribution in [0.1, 0.15) is 11.1 Å². The third-order valence-corrected chi connectivity index (χ3v) is 4.52. The number of anilines is 2. The molecule has 4 rings (SSSR count). The highest BCUT2D eigenvalue weighted by Gasteiger charge is 2.40. The van der Waals surface area contributed by atoms with Crippen molar-refractivity contribution in [1.29, 1.82) is 0 Å². The second-order valence-electron chi connectivity index (χ2n) is 6.28. The monoisotopic (exact) mass is 392 g/mol. The Hall–Kier alpha value is -3.36. The molecule has 0 unspecified atom stereocenters. The molecular formula is C19H14F4N3O2+. The summed E-state index contributed by atoms with van der Waals surface area (Å²) < 4.78 is 60.9. The van der Waals surface area contributed by atoms with Gasteiger partial charge < -0.3 is 9.14 Å². The third-order valence-electron chi connectivity index (χ3n) is 4.52. The summed E-state index contributed by atoms with van der Waals surface area (Å²) in [4.78, 5) is 14.8. The molecular weight excluding hydrogens is 378 g/mol. The SMILES string of the molecule is COc1ccc(Nc2[nH+]ccn3cc4c(c23)CC(=O)C=C4C(F)(F)F)c(F)c1. The number of nitrogens with zero attached hydrogens (tertiary/aromatic N) is 1. The van der Waals surface area contributed by atoms with Crippen LogP contribution in [-0.4, -0.2) is 23.5 Å². The zero-order chi connectivity index (χ0) is 20.1. The maximum Gasteiger partial charge on any atom is 0.417 e. The number of hydrogen-bond acceptors (Lipinski definition) is 3. The molecule has 2 heterocycles. The minimum absolute atomic E-state index is 0.0649. The van der Waals surface area contributed by atoms with E-state index in [0.717, 1.165) is 0 Å². The highest BCUT2D eigenvalue weighted by atomic mass is 19.4. The standard InChI is InChI=1S/C19H13F4N3O2/c1-28-11-2-3-16(15(20)8-11)25-18-17-12-6-10(27)7-14(19(21,22)23)13(12)9-26(17)5-4-24-18/h2-5,7-9H,6H2,1H3,(H,24,25)/p+1. The molecule has 144 valence electrons. The van der Waals surface area contributed by atoms with Gasteiger partial charge in [0.2, 0.25) is 0 Å². The first-order chi connectivity index (χ1) is 13.3. The van der Waals surface area contributed by atoms with Gasteiger partial charge in [0.15, 0.2) is 17.3 Å². The molecule has 3 aromatic rings. The van der Waals surface area contributed by atoms with Crippen molar-refractivity contribution in [3.8, 4) is 5.75 Å². The Labute approximate surface area is 156 Å². The number of halogens is 4. The Kier molecular flexibility index (Phi) is 4.10. The molecule has 0 saturated heterocycles. The molecule has 2 N–H and O–H groups in total. The molecule has 0 aliphatic heterocycles. The number of rotatable bonds is 3. The van der Waals surface area contributed by atoms with Crippen LogP contribution < -0.4 is 15.0 Å². The lowest BCUT2D eigenvalue weighted by atomic mass is 9.92. The van der Waals surface area contributed by atoms with E-state index in [0.29, 0.717) is 17.3 Å². The number of hydrogen-bond donors (Lipinski definition) is 1. The Balaban J connectivity index is 1.85. The van der Waals surface area contributed by atoms with E-state index in [2.05, 4.69) is 10.3 Å². The van der Waals surface area contributed by atoms with Gasteiger partial charge >= 0.3 is 12.0 Å². The Morgan fingerprint density at radius 2 is 2.07 bits per heavy atom. The fraction of sp³-hybridized carbons (Fsp3) is 0.158. The Morgan fingerprint density at radius 1 is 1.29 bits per heavy atom. The van der Waals surface area contributed by atoms with E-state index in [1.165, 1.54) is 42.2 Å². The summed E-state index contributed by atoms with van der Waals surface area (Å²) in [5.74, 6) is -0.639. The van der Waals surface area contributed by atoms with Crippen molar-refractivity contribution < 1.29 is 32.1 Å². The van der Waals surface area contributed by atoms with Gasteiger partial charge in [0, 0.05) is 36.0 Å². The molecule has 0 radical (unpaired) electrons. The van der Waals surface area contributed by atoms with Crippen LogP contribution in [0, 0.1) is 5.82 Å². The summed E-state index contributed by atoms with van der Waals surface area (Å²) in [5, 5.41) is 2.85. The van der Waals surface area contributed by atoms with Crippen molar-refractivity contribution in [3.05, 3.63) is 59.8 Å². The molecule has 5 nitrogen and oxygen atoms in total. The molecule has 0 amide bonds. The fourth-order valence-electron chi connectivity index (χ4n) is 3.30. The van der Waals surface area contributed by atoms with Crippen LogP contribution in [0.3, 0.4) is 0 Å². The van der Waals surface area contributed by atoms with Gasteiger partial charge in [0.05, 0.1) is 12.7 Å². The lowest BCUT2D eigenvalue weighted by Crippen LogP contribution is -2.18. The van der Waals surface area contributed by atoms with Crippen LogP contribution in [0.4, 0.5) is 29.1 Å². The molecule has 0 spiro atoms. The van der Waals surface area contributed by atoms with E-state index in [1.54, 1.807) is 6.07 Å². The second-order valence-corrected chi connectivity index (χ2v) is 6.28. The zero-order valence-corrected chi connectivity index (χ0v) is 14.5. The van der Waals surface area contributed by atoms with Gasteiger partial charge in [-0.1, -0.05) is 0 Å². The maximum atomic E-state index is 14.3. The summed E-state index contributed by atoms with van der Waals surface area (Å²) >= 11 is 0. The number of benzene rings is 1. The minimum atomic E-state index is -4.66. The Bertz CT molecular complexity index is 1130. The van der Waals surface area contributed by atoms with Crippen LogP contribution in [-0.2, 0) is 11.2 Å². The number of aromatic amines is 1. The lowest BCUT2D eigenvalue weighted by Gasteiger charge is -2.16. The molecule has 2 aromatic heterocycles. The van der Waals surface area contributed by atoms with E-state index in [-0.39, 0.29) is 29.1 Å². The number of fused-ring (bicyclic) bond motifs is 3.